The minimum atomic E-state index is -3.95. The van der Waals surface area contributed by atoms with Crippen molar-refractivity contribution in [3.63, 3.8) is 0 Å². The molecule has 0 amide bonds. The third-order valence-corrected chi connectivity index (χ3v) is 4.37. The van der Waals surface area contributed by atoms with Crippen LogP contribution in [0.3, 0.4) is 0 Å². The van der Waals surface area contributed by atoms with Crippen LogP contribution in [0, 0.1) is 5.92 Å². The van der Waals surface area contributed by atoms with Crippen molar-refractivity contribution in [3.05, 3.63) is 0 Å². The first-order valence-electron chi connectivity index (χ1n) is 6.49. The Morgan fingerprint density at radius 1 is 1.20 bits per heavy atom. The molecule has 1 fully saturated rings. The molecule has 0 aliphatic heterocycles. The molecule has 8 nitrogen and oxygen atoms in total. The van der Waals surface area contributed by atoms with Crippen molar-refractivity contribution in [2.75, 3.05) is 26.0 Å². The predicted octanol–water partition coefficient (Wildman–Crippen LogP) is -2.03. The van der Waals surface area contributed by atoms with Gasteiger partial charge in [0.25, 0.3) is 10.1 Å². The number of methoxy groups -OCH3 is 1. The molecule has 1 rings (SSSR count). The Balaban J connectivity index is 2.35. The number of hydrogen-bond acceptors (Lipinski definition) is 7. The molecule has 120 valence electrons. The molecule has 0 aromatic carbocycles. The molecule has 0 heterocycles. The standard InChI is InChI=1S/C11H23NO7S/c1-19-8-5-7(9(13)11(15)10(8)14)6-12-3-2-4-20(16,17)18/h7-15H,2-6H2,1H3,(H,16,17,18)/t7-,8+,9-,10+,11+/m1/s1. The van der Waals surface area contributed by atoms with Gasteiger partial charge in [0.2, 0.25) is 0 Å². The van der Waals surface area contributed by atoms with Gasteiger partial charge in [0.1, 0.15) is 12.2 Å². The zero-order chi connectivity index (χ0) is 15.3. The van der Waals surface area contributed by atoms with E-state index in [1.807, 2.05) is 0 Å². The summed E-state index contributed by atoms with van der Waals surface area (Å²) in [5.41, 5.74) is 0. The lowest BCUT2D eigenvalue weighted by Crippen LogP contribution is -2.56. The molecule has 0 saturated heterocycles. The van der Waals surface area contributed by atoms with E-state index in [-0.39, 0.29) is 18.1 Å². The van der Waals surface area contributed by atoms with E-state index in [0.29, 0.717) is 19.5 Å². The van der Waals surface area contributed by atoms with Crippen molar-refractivity contribution >= 4 is 10.1 Å². The summed E-state index contributed by atoms with van der Waals surface area (Å²) >= 11 is 0. The molecule has 5 N–H and O–H groups in total. The zero-order valence-corrected chi connectivity index (χ0v) is 12.2. The van der Waals surface area contributed by atoms with E-state index in [1.165, 1.54) is 7.11 Å². The maximum atomic E-state index is 10.5. The number of aliphatic hydroxyl groups is 3. The van der Waals surface area contributed by atoms with E-state index >= 15 is 0 Å². The van der Waals surface area contributed by atoms with Gasteiger partial charge in [-0.05, 0) is 19.4 Å². The largest absolute Gasteiger partial charge is 0.390 e. The fraction of sp³-hybridized carbons (Fsp3) is 1.00. The Bertz CT molecular complexity index is 386. The summed E-state index contributed by atoms with van der Waals surface area (Å²) in [4.78, 5) is 0. The molecule has 1 saturated carbocycles. The summed E-state index contributed by atoms with van der Waals surface area (Å²) in [6.45, 7) is 0.718. The van der Waals surface area contributed by atoms with Crippen molar-refractivity contribution in [1.82, 2.24) is 5.32 Å². The molecule has 0 radical (unpaired) electrons. The molecule has 20 heavy (non-hydrogen) atoms. The van der Waals surface area contributed by atoms with Crippen LogP contribution in [-0.4, -0.2) is 78.7 Å². The van der Waals surface area contributed by atoms with Crippen LogP contribution in [0.1, 0.15) is 12.8 Å². The smallest absolute Gasteiger partial charge is 0.264 e. The summed E-state index contributed by atoms with van der Waals surface area (Å²) in [5.74, 6) is -0.626. The molecule has 0 unspecified atom stereocenters. The van der Waals surface area contributed by atoms with E-state index in [4.69, 9.17) is 9.29 Å². The van der Waals surface area contributed by atoms with Crippen LogP contribution in [0.2, 0.25) is 0 Å². The molecule has 0 spiro atoms. The van der Waals surface area contributed by atoms with Gasteiger partial charge in [0.15, 0.2) is 0 Å². The van der Waals surface area contributed by atoms with Crippen LogP contribution in [-0.2, 0) is 14.9 Å². The van der Waals surface area contributed by atoms with E-state index in [2.05, 4.69) is 5.32 Å². The van der Waals surface area contributed by atoms with Gasteiger partial charge in [-0.15, -0.1) is 0 Å². The van der Waals surface area contributed by atoms with Gasteiger partial charge in [0.05, 0.1) is 18.0 Å². The van der Waals surface area contributed by atoms with Gasteiger partial charge < -0.3 is 25.4 Å². The van der Waals surface area contributed by atoms with E-state index in [9.17, 15) is 23.7 Å². The highest BCUT2D eigenvalue weighted by Crippen LogP contribution is 2.27. The number of rotatable bonds is 7. The summed E-state index contributed by atoms with van der Waals surface area (Å²) < 4.78 is 34.7. The van der Waals surface area contributed by atoms with Gasteiger partial charge in [-0.1, -0.05) is 0 Å². The van der Waals surface area contributed by atoms with Crippen LogP contribution in [0.25, 0.3) is 0 Å². The predicted molar refractivity (Wildman–Crippen MR) is 70.8 cm³/mol. The molecule has 1 aliphatic carbocycles. The average Bonchev–Trinajstić information content (AvgIpc) is 2.37. The Morgan fingerprint density at radius 3 is 2.40 bits per heavy atom. The highest BCUT2D eigenvalue weighted by molar-refractivity contribution is 7.85. The molecule has 9 heteroatoms. The van der Waals surface area contributed by atoms with Crippen LogP contribution < -0.4 is 5.32 Å². The van der Waals surface area contributed by atoms with Gasteiger partial charge >= 0.3 is 0 Å². The molecule has 1 aliphatic rings. The quantitative estimate of drug-likeness (QED) is 0.268. The average molecular weight is 313 g/mol. The van der Waals surface area contributed by atoms with Gasteiger partial charge in [-0.3, -0.25) is 4.55 Å². The number of aliphatic hydroxyl groups excluding tert-OH is 3. The molecular formula is C11H23NO7S. The zero-order valence-electron chi connectivity index (χ0n) is 11.3. The van der Waals surface area contributed by atoms with Crippen LogP contribution in [0.5, 0.6) is 0 Å². The minimum Gasteiger partial charge on any atom is -0.390 e. The van der Waals surface area contributed by atoms with Crippen LogP contribution in [0.4, 0.5) is 0 Å². The maximum Gasteiger partial charge on any atom is 0.264 e. The normalized spacial score (nSPS) is 35.1. The topological polar surface area (TPSA) is 136 Å². The lowest BCUT2D eigenvalue weighted by molar-refractivity contribution is -0.164. The van der Waals surface area contributed by atoms with Crippen molar-refractivity contribution < 1.29 is 33.0 Å². The van der Waals surface area contributed by atoms with Crippen molar-refractivity contribution in [2.24, 2.45) is 5.92 Å². The first-order valence-corrected chi connectivity index (χ1v) is 8.10. The summed E-state index contributed by atoms with van der Waals surface area (Å²) in [5, 5.41) is 32.2. The van der Waals surface area contributed by atoms with Crippen molar-refractivity contribution in [2.45, 2.75) is 37.3 Å². The molecular weight excluding hydrogens is 290 g/mol. The monoisotopic (exact) mass is 313 g/mol. The molecule has 0 aromatic heterocycles. The second kappa shape index (κ2) is 7.64. The maximum absolute atomic E-state index is 10.5. The Morgan fingerprint density at radius 2 is 1.85 bits per heavy atom. The highest BCUT2D eigenvalue weighted by atomic mass is 32.2. The second-order valence-electron chi connectivity index (χ2n) is 5.09. The minimum absolute atomic E-state index is 0.251. The molecule has 0 aromatic rings. The van der Waals surface area contributed by atoms with E-state index < -0.39 is 34.5 Å². The third kappa shape index (κ3) is 5.24. The lowest BCUT2D eigenvalue weighted by Gasteiger charge is -2.39. The van der Waals surface area contributed by atoms with Crippen molar-refractivity contribution in [3.8, 4) is 0 Å². The Kier molecular flexibility index (Phi) is 6.79. The first kappa shape index (κ1) is 17.8. The number of ether oxygens (including phenoxy) is 1. The summed E-state index contributed by atoms with van der Waals surface area (Å²) in [7, 11) is -2.53. The van der Waals surface area contributed by atoms with Gasteiger partial charge in [-0.25, -0.2) is 0 Å². The second-order valence-corrected chi connectivity index (χ2v) is 6.66. The third-order valence-electron chi connectivity index (χ3n) is 3.56. The Hall–Kier alpha value is -0.290. The van der Waals surface area contributed by atoms with Gasteiger partial charge in [0, 0.05) is 19.6 Å². The van der Waals surface area contributed by atoms with E-state index in [0.717, 1.165) is 0 Å². The summed E-state index contributed by atoms with van der Waals surface area (Å²) in [6, 6.07) is 0. The SMILES string of the molecule is CO[C@H]1C[C@H](CNCCCS(=O)(=O)O)[C@@H](O)[C@H](O)[C@H]1O. The van der Waals surface area contributed by atoms with Gasteiger partial charge in [-0.2, -0.15) is 8.42 Å². The fourth-order valence-electron chi connectivity index (χ4n) is 2.38. The molecule has 0 bridgehead atoms. The van der Waals surface area contributed by atoms with Crippen LogP contribution >= 0.6 is 0 Å². The number of nitrogens with one attached hydrogen (secondary N) is 1. The van der Waals surface area contributed by atoms with E-state index in [1.54, 1.807) is 0 Å². The number of hydrogen-bond donors (Lipinski definition) is 5. The highest BCUT2D eigenvalue weighted by Gasteiger charge is 2.42. The summed E-state index contributed by atoms with van der Waals surface area (Å²) in [6.07, 6.45) is -3.35. The van der Waals surface area contributed by atoms with Crippen molar-refractivity contribution in [1.29, 1.82) is 0 Å². The fourth-order valence-corrected chi connectivity index (χ4v) is 2.89. The first-order chi connectivity index (χ1) is 9.26. The van der Waals surface area contributed by atoms with Crippen LogP contribution in [0.15, 0.2) is 0 Å². The lowest BCUT2D eigenvalue weighted by atomic mass is 9.80. The molecule has 5 atom stereocenters. The Labute approximate surface area is 118 Å².